The first-order valence-electron chi connectivity index (χ1n) is 19.3. The van der Waals surface area contributed by atoms with E-state index in [0.29, 0.717) is 38.0 Å². The summed E-state index contributed by atoms with van der Waals surface area (Å²) in [6, 6.07) is 2.12. The number of rotatable bonds is 3. The molecule has 17 heteroatoms. The number of likely N-dealkylation sites (tertiary alicyclic amines) is 1. The summed E-state index contributed by atoms with van der Waals surface area (Å²) in [5, 5.41) is 14.0. The molecule has 4 aliphatic rings. The van der Waals surface area contributed by atoms with Crippen LogP contribution in [0.3, 0.4) is 0 Å². The van der Waals surface area contributed by atoms with Crippen LogP contribution in [0.2, 0.25) is 0 Å². The van der Waals surface area contributed by atoms with Gasteiger partial charge in [0.1, 0.15) is 28.5 Å². The number of hydrogen-bond acceptors (Lipinski definition) is 13. The van der Waals surface area contributed by atoms with Gasteiger partial charge in [-0.15, -0.1) is 4.99 Å². The van der Waals surface area contributed by atoms with Gasteiger partial charge in [0, 0.05) is 18.7 Å². The molecule has 4 amide bonds. The minimum absolute atomic E-state index is 0.0824. The van der Waals surface area contributed by atoms with E-state index in [1.54, 1.807) is 96.3 Å². The lowest BCUT2D eigenvalue weighted by Gasteiger charge is -2.65. The molecular weight excluding hydrogens is 740 g/mol. The molecule has 0 unspecified atom stereocenters. The average molecular weight is 801 g/mol. The van der Waals surface area contributed by atoms with E-state index in [1.807, 2.05) is 6.07 Å². The van der Waals surface area contributed by atoms with E-state index in [4.69, 9.17) is 38.6 Å². The molecule has 5 rings (SSSR count). The van der Waals surface area contributed by atoms with Crippen LogP contribution >= 0.6 is 0 Å². The van der Waals surface area contributed by atoms with Gasteiger partial charge >= 0.3 is 30.4 Å². The highest BCUT2D eigenvalue weighted by atomic mass is 16.6. The Balaban J connectivity index is 1.65. The van der Waals surface area contributed by atoms with Crippen LogP contribution in [0.15, 0.2) is 17.1 Å². The van der Waals surface area contributed by atoms with Crippen LogP contribution in [0.25, 0.3) is 0 Å². The Bertz CT molecular complexity index is 1820. The summed E-state index contributed by atoms with van der Waals surface area (Å²) < 4.78 is 42.1. The highest BCUT2D eigenvalue weighted by molar-refractivity contribution is 6.00. The number of nitrogens with one attached hydrogen (secondary N) is 3. The van der Waals surface area contributed by atoms with Crippen molar-refractivity contribution in [2.75, 3.05) is 20.7 Å². The Hall–Kier alpha value is -4.64. The first-order valence-corrected chi connectivity index (χ1v) is 19.3. The minimum Gasteiger partial charge on any atom is -0.483 e. The van der Waals surface area contributed by atoms with Gasteiger partial charge in [-0.2, -0.15) is 0 Å². The molecule has 57 heavy (non-hydrogen) atoms. The molecule has 5 atom stereocenters. The summed E-state index contributed by atoms with van der Waals surface area (Å²) >= 11 is 0. The lowest BCUT2D eigenvalue weighted by Crippen LogP contribution is -2.79. The van der Waals surface area contributed by atoms with Gasteiger partial charge in [0.2, 0.25) is 5.96 Å². The highest BCUT2D eigenvalue weighted by Crippen LogP contribution is 2.67. The molecule has 2 aliphatic heterocycles. The molecule has 2 heterocycles. The fourth-order valence-corrected chi connectivity index (χ4v) is 8.55. The van der Waals surface area contributed by atoms with Gasteiger partial charge in [-0.1, -0.05) is 6.07 Å². The van der Waals surface area contributed by atoms with Crippen LogP contribution in [0.1, 0.15) is 113 Å². The number of amides is 4. The number of aliphatic imine (C=N–C) groups is 1. The fraction of sp³-hybridized carbons (Fsp3) is 0.700. The number of piperidine rings is 1. The van der Waals surface area contributed by atoms with Gasteiger partial charge in [0.25, 0.3) is 0 Å². The Kier molecular flexibility index (Phi) is 11.4. The standard InChI is InChI=1S/C40H60N6O11/c1-35(2,3)54-31(47)42-29(41)46(34(50)57-38(10,11)12)23-17-18-40(51-14)25-21-22-15-16-24(27-26(22)39(40,28(23)53-27)19-20-45(25)13)52-30(43-32(48)55-36(4,5)6)44-33(49)56-37(7,8)9/h15-16,23,25,28H,17-21H2,1-14H3,(H2,41,42,47)(H,43,44,48,49)/t23-,25-,28+,39+,40-/m1/s1. The molecule has 3 N–H and O–H groups in total. The van der Waals surface area contributed by atoms with Crippen molar-refractivity contribution in [1.82, 2.24) is 20.4 Å². The maximum absolute atomic E-state index is 14.2. The monoisotopic (exact) mass is 800 g/mol. The van der Waals surface area contributed by atoms with Gasteiger partial charge in [0.15, 0.2) is 11.5 Å². The summed E-state index contributed by atoms with van der Waals surface area (Å²) in [7, 11) is 3.75. The zero-order valence-electron chi connectivity index (χ0n) is 35.8. The number of likely N-dealkylation sites (N-methyl/N-ethyl adjacent to an activating group) is 1. The zero-order chi connectivity index (χ0) is 42.7. The molecule has 1 saturated heterocycles. The summed E-state index contributed by atoms with van der Waals surface area (Å²) in [4.78, 5) is 60.6. The number of methoxy groups -OCH3 is 1. The number of nitrogens with zero attached hydrogens (tertiary/aromatic N) is 3. The predicted octanol–water partition coefficient (Wildman–Crippen LogP) is 6.38. The van der Waals surface area contributed by atoms with Crippen molar-refractivity contribution in [3.8, 4) is 11.5 Å². The van der Waals surface area contributed by atoms with Gasteiger partial charge in [0.05, 0.1) is 17.1 Å². The van der Waals surface area contributed by atoms with Crippen LogP contribution < -0.4 is 20.1 Å². The molecule has 0 radical (unpaired) electrons. The number of carbonyl (C=O) groups is 4. The predicted molar refractivity (Wildman–Crippen MR) is 209 cm³/mol. The molecule has 1 saturated carbocycles. The Labute approximate surface area is 334 Å². The van der Waals surface area contributed by atoms with Crippen LogP contribution in [0.4, 0.5) is 19.2 Å². The van der Waals surface area contributed by atoms with E-state index in [2.05, 4.69) is 27.6 Å². The SMILES string of the molecule is CO[C@@]12CC[C@@H](N(C(=N)NC(=O)OC(C)(C)C)C(=O)OC(C)(C)C)[C@@H]3Oc4c(O/C(=N\C(=O)OC(C)(C)C)NC(=O)OC(C)(C)C)ccc5c4[C@@]31CCN(C)[C@@H]2C5. The molecule has 316 valence electrons. The molecule has 1 aromatic carbocycles. The summed E-state index contributed by atoms with van der Waals surface area (Å²) in [5.41, 5.74) is -3.57. The Morgan fingerprint density at radius 2 is 1.44 bits per heavy atom. The van der Waals surface area contributed by atoms with E-state index >= 15 is 0 Å². The maximum atomic E-state index is 14.2. The quantitative estimate of drug-likeness (QED) is 0.173. The van der Waals surface area contributed by atoms with E-state index in [9.17, 15) is 19.2 Å². The summed E-state index contributed by atoms with van der Waals surface area (Å²) in [6.45, 7) is 21.0. The number of alkyl carbamates (subject to hydrolysis) is 2. The van der Waals surface area contributed by atoms with Gasteiger partial charge in [-0.25, -0.2) is 29.4 Å². The zero-order valence-corrected chi connectivity index (χ0v) is 35.8. The van der Waals surface area contributed by atoms with Crippen molar-refractivity contribution in [3.05, 3.63) is 23.3 Å². The van der Waals surface area contributed by atoms with Crippen molar-refractivity contribution < 1.29 is 52.3 Å². The Morgan fingerprint density at radius 3 is 2.00 bits per heavy atom. The third-order valence-electron chi connectivity index (χ3n) is 10.2. The van der Waals surface area contributed by atoms with Crippen LogP contribution in [-0.4, -0.2) is 113 Å². The second kappa shape index (κ2) is 14.9. The van der Waals surface area contributed by atoms with Crippen LogP contribution in [-0.2, 0) is 35.5 Å². The topological polar surface area (TPSA) is 200 Å². The number of hydrogen-bond donors (Lipinski definition) is 3. The number of benzene rings is 1. The molecule has 17 nitrogen and oxygen atoms in total. The van der Waals surface area contributed by atoms with Crippen molar-refractivity contribution in [1.29, 1.82) is 5.41 Å². The average Bonchev–Trinajstić information content (AvgIpc) is 3.36. The van der Waals surface area contributed by atoms with Crippen molar-refractivity contribution >= 4 is 36.4 Å². The van der Waals surface area contributed by atoms with E-state index in [0.717, 1.165) is 16.0 Å². The molecule has 2 fully saturated rings. The number of carbonyl (C=O) groups excluding carboxylic acids is 4. The van der Waals surface area contributed by atoms with Gasteiger partial charge in [-0.3, -0.25) is 10.7 Å². The molecule has 0 aromatic heterocycles. The first kappa shape index (κ1) is 43.5. The van der Waals surface area contributed by atoms with Gasteiger partial charge in [-0.05, 0) is 134 Å². The van der Waals surface area contributed by atoms with Crippen molar-refractivity contribution in [2.45, 2.75) is 160 Å². The van der Waals surface area contributed by atoms with Crippen LogP contribution in [0.5, 0.6) is 11.5 Å². The second-order valence-corrected chi connectivity index (χ2v) is 19.0. The van der Waals surface area contributed by atoms with Crippen LogP contribution in [0, 0.1) is 5.41 Å². The van der Waals surface area contributed by atoms with E-state index in [1.165, 1.54) is 0 Å². The molecular formula is C40H60N6O11. The smallest absolute Gasteiger partial charge is 0.438 e. The molecule has 2 aliphatic carbocycles. The van der Waals surface area contributed by atoms with Crippen molar-refractivity contribution in [3.63, 3.8) is 0 Å². The minimum atomic E-state index is -1.02. The molecule has 1 spiro atoms. The van der Waals surface area contributed by atoms with Crippen molar-refractivity contribution in [2.24, 2.45) is 4.99 Å². The summed E-state index contributed by atoms with van der Waals surface area (Å²) in [5.74, 6) is -0.134. The Morgan fingerprint density at radius 1 is 0.860 bits per heavy atom. The van der Waals surface area contributed by atoms with Gasteiger partial charge < -0.3 is 38.1 Å². The lowest BCUT2D eigenvalue weighted by molar-refractivity contribution is -0.207. The second-order valence-electron chi connectivity index (χ2n) is 19.0. The number of amidine groups is 1. The number of ether oxygens (including phenoxy) is 7. The highest BCUT2D eigenvalue weighted by Gasteiger charge is 2.74. The lowest BCUT2D eigenvalue weighted by atomic mass is 9.48. The third kappa shape index (κ3) is 8.93. The largest absolute Gasteiger partial charge is 0.483 e. The summed E-state index contributed by atoms with van der Waals surface area (Å²) in [6.07, 6.45) is -2.69. The molecule has 1 aromatic rings. The normalized spacial score (nSPS) is 25.6. The van der Waals surface area contributed by atoms with E-state index in [-0.39, 0.29) is 11.8 Å². The number of guanidine groups is 1. The molecule has 2 bridgehead atoms. The van der Waals surface area contributed by atoms with E-state index < -0.39 is 81.9 Å². The first-order chi connectivity index (χ1) is 26.1. The maximum Gasteiger partial charge on any atom is 0.438 e. The third-order valence-corrected chi connectivity index (χ3v) is 10.2. The fourth-order valence-electron chi connectivity index (χ4n) is 8.55.